The second-order valence-corrected chi connectivity index (χ2v) is 4.60. The molecule has 0 radical (unpaired) electrons. The first-order valence-corrected chi connectivity index (χ1v) is 5.64. The highest BCUT2D eigenvalue weighted by Gasteiger charge is 2.21. The molecule has 0 spiro atoms. The molecule has 0 aromatic heterocycles. The molecule has 1 rings (SSSR count). The predicted molar refractivity (Wildman–Crippen MR) is 58.9 cm³/mol. The molecule has 0 bridgehead atoms. The van der Waals surface area contributed by atoms with Gasteiger partial charge < -0.3 is 19.9 Å². The fraction of sp³-hybridized carbons (Fsp3) is 1.00. The molecule has 1 aliphatic heterocycles. The molecule has 1 saturated heterocycles. The van der Waals surface area contributed by atoms with Crippen LogP contribution >= 0.6 is 0 Å². The smallest absolute Gasteiger partial charge is 0.0765 e. The molecule has 2 atom stereocenters. The molecule has 0 saturated carbocycles. The van der Waals surface area contributed by atoms with Gasteiger partial charge in [-0.05, 0) is 19.3 Å². The maximum absolute atomic E-state index is 9.95. The summed E-state index contributed by atoms with van der Waals surface area (Å²) in [5.41, 5.74) is -0.671. The van der Waals surface area contributed by atoms with Crippen molar-refractivity contribution in [3.8, 4) is 0 Å². The number of hydrogen-bond acceptors (Lipinski definition) is 4. The fourth-order valence-corrected chi connectivity index (χ4v) is 1.70. The summed E-state index contributed by atoms with van der Waals surface area (Å²) in [6.45, 7) is 5.72. The molecule has 2 N–H and O–H groups in total. The van der Waals surface area contributed by atoms with E-state index in [1.807, 2.05) is 6.92 Å². The van der Waals surface area contributed by atoms with Gasteiger partial charge in [-0.25, -0.2) is 0 Å². The van der Waals surface area contributed by atoms with Crippen molar-refractivity contribution in [2.24, 2.45) is 5.92 Å². The highest BCUT2D eigenvalue weighted by atomic mass is 16.5. The summed E-state index contributed by atoms with van der Waals surface area (Å²) >= 11 is 0. The molecule has 0 amide bonds. The Morgan fingerprint density at radius 2 is 2.40 bits per heavy atom. The van der Waals surface area contributed by atoms with Gasteiger partial charge in [-0.2, -0.15) is 0 Å². The fourth-order valence-electron chi connectivity index (χ4n) is 1.70. The van der Waals surface area contributed by atoms with Crippen molar-refractivity contribution in [2.75, 3.05) is 40.0 Å². The van der Waals surface area contributed by atoms with Gasteiger partial charge in [0, 0.05) is 39.8 Å². The lowest BCUT2D eigenvalue weighted by molar-refractivity contribution is 0.0242. The van der Waals surface area contributed by atoms with E-state index in [2.05, 4.69) is 5.32 Å². The lowest BCUT2D eigenvalue weighted by atomic mass is 10.0. The number of ether oxygens (including phenoxy) is 2. The van der Waals surface area contributed by atoms with E-state index in [0.29, 0.717) is 25.5 Å². The van der Waals surface area contributed by atoms with Gasteiger partial charge in [0.1, 0.15) is 0 Å². The zero-order valence-electron chi connectivity index (χ0n) is 9.79. The highest BCUT2D eigenvalue weighted by molar-refractivity contribution is 4.76. The summed E-state index contributed by atoms with van der Waals surface area (Å²) in [5, 5.41) is 13.2. The Balaban J connectivity index is 2.06. The normalized spacial score (nSPS) is 25.4. The molecule has 0 aromatic carbocycles. The van der Waals surface area contributed by atoms with Crippen molar-refractivity contribution < 1.29 is 14.6 Å². The predicted octanol–water partition coefficient (Wildman–Crippen LogP) is 0.400. The molecule has 1 fully saturated rings. The summed E-state index contributed by atoms with van der Waals surface area (Å²) in [6.07, 6.45) is 1.80. The Labute approximate surface area is 92.0 Å². The first kappa shape index (κ1) is 12.9. The van der Waals surface area contributed by atoms with Crippen LogP contribution in [0.2, 0.25) is 0 Å². The molecule has 4 nitrogen and oxygen atoms in total. The minimum absolute atomic E-state index is 0.598. The Kier molecular flexibility index (Phi) is 5.53. The summed E-state index contributed by atoms with van der Waals surface area (Å²) < 4.78 is 10.2. The number of nitrogens with one attached hydrogen (secondary N) is 1. The second kappa shape index (κ2) is 6.43. The van der Waals surface area contributed by atoms with Gasteiger partial charge in [-0.15, -0.1) is 0 Å². The van der Waals surface area contributed by atoms with Crippen LogP contribution in [0.1, 0.15) is 19.8 Å². The third-order valence-corrected chi connectivity index (χ3v) is 2.81. The molecular formula is C11H23NO3. The number of hydrogen-bond donors (Lipinski definition) is 2. The topological polar surface area (TPSA) is 50.7 Å². The zero-order chi connectivity index (χ0) is 11.1. The number of methoxy groups -OCH3 is 1. The monoisotopic (exact) mass is 217 g/mol. The molecular weight excluding hydrogens is 194 g/mol. The Bertz CT molecular complexity index is 167. The van der Waals surface area contributed by atoms with Gasteiger partial charge in [0.05, 0.1) is 12.2 Å². The maximum Gasteiger partial charge on any atom is 0.0765 e. The van der Waals surface area contributed by atoms with Crippen LogP contribution in [-0.4, -0.2) is 50.7 Å². The molecule has 15 heavy (non-hydrogen) atoms. The molecule has 2 unspecified atom stereocenters. The van der Waals surface area contributed by atoms with Crippen molar-refractivity contribution in [1.29, 1.82) is 0 Å². The van der Waals surface area contributed by atoms with Gasteiger partial charge in [-0.3, -0.25) is 0 Å². The van der Waals surface area contributed by atoms with Crippen LogP contribution in [0.4, 0.5) is 0 Å². The third-order valence-electron chi connectivity index (χ3n) is 2.81. The Hall–Kier alpha value is -0.160. The maximum atomic E-state index is 9.95. The van der Waals surface area contributed by atoms with Crippen molar-refractivity contribution in [2.45, 2.75) is 25.4 Å². The van der Waals surface area contributed by atoms with Crippen LogP contribution in [-0.2, 0) is 9.47 Å². The van der Waals surface area contributed by atoms with Crippen molar-refractivity contribution in [3.63, 3.8) is 0 Å². The zero-order valence-corrected chi connectivity index (χ0v) is 9.79. The van der Waals surface area contributed by atoms with E-state index in [4.69, 9.17) is 9.47 Å². The first-order chi connectivity index (χ1) is 7.14. The van der Waals surface area contributed by atoms with E-state index in [0.717, 1.165) is 26.2 Å². The first-order valence-electron chi connectivity index (χ1n) is 5.64. The Morgan fingerprint density at radius 1 is 1.60 bits per heavy atom. The summed E-state index contributed by atoms with van der Waals surface area (Å²) in [4.78, 5) is 0. The van der Waals surface area contributed by atoms with Crippen LogP contribution < -0.4 is 5.32 Å². The van der Waals surface area contributed by atoms with Crippen molar-refractivity contribution in [1.82, 2.24) is 5.32 Å². The van der Waals surface area contributed by atoms with Gasteiger partial charge in [0.25, 0.3) is 0 Å². The van der Waals surface area contributed by atoms with E-state index in [-0.39, 0.29) is 0 Å². The van der Waals surface area contributed by atoms with E-state index in [1.165, 1.54) is 0 Å². The van der Waals surface area contributed by atoms with Crippen molar-refractivity contribution in [3.05, 3.63) is 0 Å². The quantitative estimate of drug-likeness (QED) is 0.648. The largest absolute Gasteiger partial charge is 0.389 e. The lowest BCUT2D eigenvalue weighted by Gasteiger charge is -2.24. The minimum atomic E-state index is -0.671. The summed E-state index contributed by atoms with van der Waals surface area (Å²) in [5.74, 6) is 0.614. The molecule has 1 heterocycles. The van der Waals surface area contributed by atoms with Crippen LogP contribution in [0.25, 0.3) is 0 Å². The second-order valence-electron chi connectivity index (χ2n) is 4.60. The van der Waals surface area contributed by atoms with Gasteiger partial charge in [0.2, 0.25) is 0 Å². The third kappa shape index (κ3) is 5.47. The number of aliphatic hydroxyl groups is 1. The number of rotatable bonds is 7. The van der Waals surface area contributed by atoms with E-state index in [9.17, 15) is 5.11 Å². The van der Waals surface area contributed by atoms with E-state index < -0.39 is 5.60 Å². The van der Waals surface area contributed by atoms with Crippen LogP contribution in [0.5, 0.6) is 0 Å². The molecule has 4 heteroatoms. The van der Waals surface area contributed by atoms with E-state index in [1.54, 1.807) is 7.11 Å². The SMILES string of the molecule is COCCC(C)(O)CNCC1CCOC1. The van der Waals surface area contributed by atoms with Crippen LogP contribution in [0.3, 0.4) is 0 Å². The van der Waals surface area contributed by atoms with Crippen LogP contribution in [0, 0.1) is 5.92 Å². The average molecular weight is 217 g/mol. The van der Waals surface area contributed by atoms with Gasteiger partial charge >= 0.3 is 0 Å². The minimum Gasteiger partial charge on any atom is -0.389 e. The van der Waals surface area contributed by atoms with Crippen LogP contribution in [0.15, 0.2) is 0 Å². The summed E-state index contributed by atoms with van der Waals surface area (Å²) in [6, 6.07) is 0. The molecule has 0 aliphatic carbocycles. The van der Waals surface area contributed by atoms with Crippen molar-refractivity contribution >= 4 is 0 Å². The molecule has 0 aromatic rings. The Morgan fingerprint density at radius 3 is 3.00 bits per heavy atom. The average Bonchev–Trinajstić information content (AvgIpc) is 2.67. The van der Waals surface area contributed by atoms with Gasteiger partial charge in [-0.1, -0.05) is 0 Å². The molecule has 90 valence electrons. The summed E-state index contributed by atoms with van der Waals surface area (Å²) in [7, 11) is 1.65. The van der Waals surface area contributed by atoms with E-state index >= 15 is 0 Å². The standard InChI is InChI=1S/C11H23NO3/c1-11(13,4-6-14-2)9-12-7-10-3-5-15-8-10/h10,12-13H,3-9H2,1-2H3. The molecule has 1 aliphatic rings. The van der Waals surface area contributed by atoms with Gasteiger partial charge in [0.15, 0.2) is 0 Å². The highest BCUT2D eigenvalue weighted by Crippen LogP contribution is 2.12. The lowest BCUT2D eigenvalue weighted by Crippen LogP contribution is -2.40.